The van der Waals surface area contributed by atoms with Gasteiger partial charge in [0.25, 0.3) is 0 Å². The standard InChI is InChI=1S/C16H23NO2/c1-3-13-4-6-14(7-5-13)16(19)10-17-9-8-12(2)15(17)11-18/h4-7,12,15,18H,3,8-11H2,1-2H3. The van der Waals surface area contributed by atoms with E-state index in [0.29, 0.717) is 12.5 Å². The van der Waals surface area contributed by atoms with E-state index in [0.717, 1.165) is 24.9 Å². The van der Waals surface area contributed by atoms with Crippen molar-refractivity contribution in [3.63, 3.8) is 0 Å². The summed E-state index contributed by atoms with van der Waals surface area (Å²) in [4.78, 5) is 14.4. The number of carbonyl (C=O) groups is 1. The number of aryl methyl sites for hydroxylation is 1. The molecule has 0 bridgehead atoms. The number of aliphatic hydroxyl groups is 1. The van der Waals surface area contributed by atoms with Crippen LogP contribution in [0.5, 0.6) is 0 Å². The van der Waals surface area contributed by atoms with Gasteiger partial charge in [0.1, 0.15) is 0 Å². The van der Waals surface area contributed by atoms with Gasteiger partial charge in [-0.15, -0.1) is 0 Å². The first-order valence-corrected chi connectivity index (χ1v) is 7.12. The molecule has 1 aliphatic heterocycles. The van der Waals surface area contributed by atoms with Gasteiger partial charge in [-0.3, -0.25) is 9.69 Å². The van der Waals surface area contributed by atoms with Crippen LogP contribution in [0.25, 0.3) is 0 Å². The highest BCUT2D eigenvalue weighted by Crippen LogP contribution is 2.23. The third-order valence-electron chi connectivity index (χ3n) is 4.22. The number of hydrogen-bond donors (Lipinski definition) is 1. The van der Waals surface area contributed by atoms with E-state index >= 15 is 0 Å². The van der Waals surface area contributed by atoms with Gasteiger partial charge in [-0.25, -0.2) is 0 Å². The van der Waals surface area contributed by atoms with Crippen LogP contribution in [0.3, 0.4) is 0 Å². The maximum absolute atomic E-state index is 12.2. The van der Waals surface area contributed by atoms with Crippen molar-refractivity contribution in [1.29, 1.82) is 0 Å². The van der Waals surface area contributed by atoms with Crippen LogP contribution in [-0.2, 0) is 6.42 Å². The monoisotopic (exact) mass is 261 g/mol. The van der Waals surface area contributed by atoms with Gasteiger partial charge in [0.2, 0.25) is 0 Å². The topological polar surface area (TPSA) is 40.5 Å². The van der Waals surface area contributed by atoms with Crippen LogP contribution in [0.4, 0.5) is 0 Å². The Morgan fingerprint density at radius 3 is 2.63 bits per heavy atom. The lowest BCUT2D eigenvalue weighted by atomic mass is 10.0. The molecule has 19 heavy (non-hydrogen) atoms. The first-order valence-electron chi connectivity index (χ1n) is 7.12. The third-order valence-corrected chi connectivity index (χ3v) is 4.22. The average molecular weight is 261 g/mol. The second kappa shape index (κ2) is 6.31. The number of hydrogen-bond acceptors (Lipinski definition) is 3. The maximum atomic E-state index is 12.2. The van der Waals surface area contributed by atoms with Gasteiger partial charge >= 0.3 is 0 Å². The number of likely N-dealkylation sites (tertiary alicyclic amines) is 1. The molecule has 2 unspecified atom stereocenters. The average Bonchev–Trinajstić information content (AvgIpc) is 2.79. The summed E-state index contributed by atoms with van der Waals surface area (Å²) < 4.78 is 0. The van der Waals surface area contributed by atoms with Gasteiger partial charge in [0.15, 0.2) is 5.78 Å². The maximum Gasteiger partial charge on any atom is 0.176 e. The molecule has 3 heteroatoms. The highest BCUT2D eigenvalue weighted by atomic mass is 16.3. The van der Waals surface area contributed by atoms with Gasteiger partial charge in [-0.2, -0.15) is 0 Å². The van der Waals surface area contributed by atoms with Gasteiger partial charge < -0.3 is 5.11 Å². The van der Waals surface area contributed by atoms with E-state index < -0.39 is 0 Å². The molecule has 1 heterocycles. The van der Waals surface area contributed by atoms with E-state index in [2.05, 4.69) is 18.7 Å². The fraction of sp³-hybridized carbons (Fsp3) is 0.562. The molecule has 1 saturated heterocycles. The molecule has 0 amide bonds. The lowest BCUT2D eigenvalue weighted by Gasteiger charge is -2.24. The van der Waals surface area contributed by atoms with Gasteiger partial charge in [0.05, 0.1) is 13.2 Å². The molecule has 104 valence electrons. The number of Topliss-reactive ketones (excluding diaryl/α,β-unsaturated/α-hetero) is 1. The molecular weight excluding hydrogens is 238 g/mol. The molecule has 1 fully saturated rings. The molecule has 1 aromatic rings. The molecule has 0 saturated carbocycles. The molecule has 0 aliphatic carbocycles. The lowest BCUT2D eigenvalue weighted by molar-refractivity contribution is 0.0866. The summed E-state index contributed by atoms with van der Waals surface area (Å²) in [6.45, 7) is 5.71. The Labute approximate surface area is 115 Å². The SMILES string of the molecule is CCc1ccc(C(=O)CN2CCC(C)C2CO)cc1. The Bertz CT molecular complexity index is 427. The van der Waals surface area contributed by atoms with E-state index in [1.165, 1.54) is 5.56 Å². The fourth-order valence-corrected chi connectivity index (χ4v) is 2.78. The quantitative estimate of drug-likeness (QED) is 0.826. The third kappa shape index (κ3) is 3.23. The van der Waals surface area contributed by atoms with Crippen LogP contribution in [-0.4, -0.2) is 41.5 Å². The van der Waals surface area contributed by atoms with Crippen molar-refractivity contribution in [3.8, 4) is 0 Å². The molecule has 0 radical (unpaired) electrons. The van der Waals surface area contributed by atoms with Crippen molar-refractivity contribution in [2.45, 2.75) is 32.7 Å². The molecular formula is C16H23NO2. The van der Waals surface area contributed by atoms with Crippen molar-refractivity contribution in [2.75, 3.05) is 19.7 Å². The Balaban J connectivity index is 2.00. The molecule has 2 atom stereocenters. The zero-order chi connectivity index (χ0) is 13.8. The molecule has 1 aliphatic rings. The van der Waals surface area contributed by atoms with Crippen LogP contribution in [0.15, 0.2) is 24.3 Å². The van der Waals surface area contributed by atoms with Crippen LogP contribution >= 0.6 is 0 Å². The Kier molecular flexibility index (Phi) is 4.72. The predicted octanol–water partition coefficient (Wildman–Crippen LogP) is 2.13. The second-order valence-corrected chi connectivity index (χ2v) is 5.46. The number of benzene rings is 1. The van der Waals surface area contributed by atoms with E-state index in [1.807, 2.05) is 24.3 Å². The highest BCUT2D eigenvalue weighted by Gasteiger charge is 2.31. The number of nitrogens with zero attached hydrogens (tertiary/aromatic N) is 1. The highest BCUT2D eigenvalue weighted by molar-refractivity contribution is 5.97. The van der Waals surface area contributed by atoms with Crippen LogP contribution in [0.1, 0.15) is 36.2 Å². The Morgan fingerprint density at radius 1 is 1.37 bits per heavy atom. The van der Waals surface area contributed by atoms with Crippen molar-refractivity contribution in [3.05, 3.63) is 35.4 Å². The Morgan fingerprint density at radius 2 is 2.05 bits per heavy atom. The molecule has 3 nitrogen and oxygen atoms in total. The largest absolute Gasteiger partial charge is 0.395 e. The summed E-state index contributed by atoms with van der Waals surface area (Å²) in [7, 11) is 0. The van der Waals surface area contributed by atoms with Crippen LogP contribution in [0.2, 0.25) is 0 Å². The minimum Gasteiger partial charge on any atom is -0.395 e. The Hall–Kier alpha value is -1.19. The van der Waals surface area contributed by atoms with E-state index in [9.17, 15) is 9.90 Å². The van der Waals surface area contributed by atoms with Crippen LogP contribution < -0.4 is 0 Å². The van der Waals surface area contributed by atoms with Gasteiger partial charge in [-0.1, -0.05) is 38.1 Å². The summed E-state index contributed by atoms with van der Waals surface area (Å²) in [6.07, 6.45) is 2.05. The molecule has 0 aromatic heterocycles. The number of aliphatic hydroxyl groups excluding tert-OH is 1. The van der Waals surface area contributed by atoms with Gasteiger partial charge in [-0.05, 0) is 30.9 Å². The van der Waals surface area contributed by atoms with Crippen molar-refractivity contribution >= 4 is 5.78 Å². The van der Waals surface area contributed by atoms with Crippen molar-refractivity contribution < 1.29 is 9.90 Å². The first-order chi connectivity index (χ1) is 9.15. The van der Waals surface area contributed by atoms with E-state index in [4.69, 9.17) is 0 Å². The minimum atomic E-state index is 0.138. The zero-order valence-corrected chi connectivity index (χ0v) is 11.8. The smallest absolute Gasteiger partial charge is 0.176 e. The molecule has 1 aromatic carbocycles. The van der Waals surface area contributed by atoms with Gasteiger partial charge in [0, 0.05) is 11.6 Å². The summed E-state index contributed by atoms with van der Waals surface area (Å²) in [5.41, 5.74) is 2.02. The number of carbonyl (C=O) groups excluding carboxylic acids is 1. The first kappa shape index (κ1) is 14.2. The summed E-state index contributed by atoms with van der Waals surface area (Å²) in [5, 5.41) is 9.41. The number of ketones is 1. The minimum absolute atomic E-state index is 0.138. The summed E-state index contributed by atoms with van der Waals surface area (Å²) >= 11 is 0. The zero-order valence-electron chi connectivity index (χ0n) is 11.8. The summed E-state index contributed by atoms with van der Waals surface area (Å²) in [5.74, 6) is 0.621. The lowest BCUT2D eigenvalue weighted by Crippen LogP contribution is -2.38. The predicted molar refractivity (Wildman–Crippen MR) is 76.4 cm³/mol. The van der Waals surface area contributed by atoms with Crippen molar-refractivity contribution in [2.24, 2.45) is 5.92 Å². The molecule has 0 spiro atoms. The van der Waals surface area contributed by atoms with E-state index in [1.54, 1.807) is 0 Å². The normalized spacial score (nSPS) is 23.7. The second-order valence-electron chi connectivity index (χ2n) is 5.46. The molecule has 1 N–H and O–H groups in total. The van der Waals surface area contributed by atoms with E-state index in [-0.39, 0.29) is 18.4 Å². The summed E-state index contributed by atoms with van der Waals surface area (Å²) in [6, 6.07) is 7.99. The number of rotatable bonds is 5. The van der Waals surface area contributed by atoms with Crippen LogP contribution in [0, 0.1) is 5.92 Å². The van der Waals surface area contributed by atoms with Crippen molar-refractivity contribution in [1.82, 2.24) is 4.90 Å². The molecule has 2 rings (SSSR count). The fourth-order valence-electron chi connectivity index (χ4n) is 2.78.